The van der Waals surface area contributed by atoms with Gasteiger partial charge in [-0.1, -0.05) is 31.2 Å². The molecule has 0 radical (unpaired) electrons. The maximum atomic E-state index is 13.9. The maximum absolute atomic E-state index is 13.9. The van der Waals surface area contributed by atoms with Gasteiger partial charge in [0.2, 0.25) is 0 Å². The smallest absolute Gasteiger partial charge is 0.131 e. The van der Waals surface area contributed by atoms with E-state index in [-0.39, 0.29) is 11.9 Å². The molecule has 0 amide bonds. The summed E-state index contributed by atoms with van der Waals surface area (Å²) >= 11 is 0. The number of anilines is 2. The maximum Gasteiger partial charge on any atom is 0.131 e. The molecule has 2 aromatic rings. The van der Waals surface area contributed by atoms with E-state index in [1.807, 2.05) is 49.2 Å². The Bertz CT molecular complexity index is 586. The fraction of sp³-hybridized carbons (Fsp3) is 0.353. The average molecular weight is 287 g/mol. The van der Waals surface area contributed by atoms with Crippen molar-refractivity contribution < 1.29 is 4.39 Å². The Morgan fingerprint density at radius 3 is 2.67 bits per heavy atom. The van der Waals surface area contributed by atoms with Crippen LogP contribution in [0.2, 0.25) is 0 Å². The van der Waals surface area contributed by atoms with Gasteiger partial charge in [-0.15, -0.1) is 0 Å². The fourth-order valence-corrected chi connectivity index (χ4v) is 2.19. The van der Waals surface area contributed by atoms with E-state index in [1.165, 1.54) is 6.07 Å². The minimum atomic E-state index is -0.183. The van der Waals surface area contributed by atoms with E-state index in [4.69, 9.17) is 0 Å². The van der Waals surface area contributed by atoms with Crippen molar-refractivity contribution in [1.29, 1.82) is 0 Å². The monoisotopic (exact) mass is 287 g/mol. The number of rotatable bonds is 6. The van der Waals surface area contributed by atoms with E-state index in [2.05, 4.69) is 17.2 Å². The number of benzene rings is 1. The zero-order chi connectivity index (χ0) is 15.2. The highest BCUT2D eigenvalue weighted by Crippen LogP contribution is 2.26. The van der Waals surface area contributed by atoms with Crippen LogP contribution in [0.3, 0.4) is 0 Å². The standard InChI is InChI=1S/C17H22FN3/c1-4-12-19-16-10-7-11-17(20-16)21(3)13(2)14-8-5-6-9-15(14)18/h5-11,13H,4,12H2,1-3H3,(H,19,20). The van der Waals surface area contributed by atoms with E-state index in [0.29, 0.717) is 5.56 Å². The van der Waals surface area contributed by atoms with Gasteiger partial charge in [0, 0.05) is 19.2 Å². The lowest BCUT2D eigenvalue weighted by atomic mass is 10.1. The lowest BCUT2D eigenvalue weighted by Crippen LogP contribution is -2.23. The van der Waals surface area contributed by atoms with Crippen LogP contribution in [-0.4, -0.2) is 18.6 Å². The summed E-state index contributed by atoms with van der Waals surface area (Å²) in [4.78, 5) is 6.56. The van der Waals surface area contributed by atoms with Gasteiger partial charge in [0.05, 0.1) is 6.04 Å². The number of hydrogen-bond donors (Lipinski definition) is 1. The molecule has 0 saturated heterocycles. The molecular formula is C17H22FN3. The van der Waals surface area contributed by atoms with Gasteiger partial charge in [-0.25, -0.2) is 9.37 Å². The fourth-order valence-electron chi connectivity index (χ4n) is 2.19. The molecule has 1 heterocycles. The van der Waals surface area contributed by atoms with E-state index in [9.17, 15) is 4.39 Å². The molecule has 0 saturated carbocycles. The van der Waals surface area contributed by atoms with Crippen molar-refractivity contribution >= 4 is 11.6 Å². The van der Waals surface area contributed by atoms with Crippen molar-refractivity contribution in [1.82, 2.24) is 4.98 Å². The van der Waals surface area contributed by atoms with E-state index in [1.54, 1.807) is 6.07 Å². The summed E-state index contributed by atoms with van der Waals surface area (Å²) in [5, 5.41) is 3.27. The molecule has 0 bridgehead atoms. The van der Waals surface area contributed by atoms with Gasteiger partial charge < -0.3 is 10.2 Å². The molecule has 0 aliphatic carbocycles. The summed E-state index contributed by atoms with van der Waals surface area (Å²) in [6.07, 6.45) is 1.05. The summed E-state index contributed by atoms with van der Waals surface area (Å²) in [6.45, 7) is 4.98. The first-order valence-electron chi connectivity index (χ1n) is 7.31. The first kappa shape index (κ1) is 15.3. The normalized spacial score (nSPS) is 12.0. The third kappa shape index (κ3) is 3.72. The van der Waals surface area contributed by atoms with Crippen molar-refractivity contribution in [3.05, 3.63) is 53.8 Å². The molecule has 0 aliphatic heterocycles. The SMILES string of the molecule is CCCNc1cccc(N(C)C(C)c2ccccc2F)n1. The number of nitrogens with one attached hydrogen (secondary N) is 1. The Hall–Kier alpha value is -2.10. The highest BCUT2D eigenvalue weighted by molar-refractivity contribution is 5.48. The molecule has 2 rings (SSSR count). The molecule has 1 aromatic carbocycles. The molecule has 3 nitrogen and oxygen atoms in total. The third-order valence-corrected chi connectivity index (χ3v) is 3.59. The summed E-state index contributed by atoms with van der Waals surface area (Å²) in [5.74, 6) is 1.49. The lowest BCUT2D eigenvalue weighted by Gasteiger charge is -2.27. The summed E-state index contributed by atoms with van der Waals surface area (Å²) in [5.41, 5.74) is 0.675. The Morgan fingerprint density at radius 2 is 1.95 bits per heavy atom. The van der Waals surface area contributed by atoms with Gasteiger partial charge in [-0.2, -0.15) is 0 Å². The molecule has 1 atom stereocenters. The summed E-state index contributed by atoms with van der Waals surface area (Å²) in [6, 6.07) is 12.6. The van der Waals surface area contributed by atoms with Gasteiger partial charge >= 0.3 is 0 Å². The van der Waals surface area contributed by atoms with Crippen LogP contribution in [0.1, 0.15) is 31.9 Å². The van der Waals surface area contributed by atoms with Crippen LogP contribution in [0, 0.1) is 5.82 Å². The van der Waals surface area contributed by atoms with E-state index < -0.39 is 0 Å². The molecule has 1 N–H and O–H groups in total. The Kier molecular flexibility index (Phi) is 5.14. The van der Waals surface area contributed by atoms with Crippen molar-refractivity contribution in [2.75, 3.05) is 23.8 Å². The molecule has 112 valence electrons. The van der Waals surface area contributed by atoms with Gasteiger partial charge in [-0.3, -0.25) is 0 Å². The largest absolute Gasteiger partial charge is 0.370 e. The van der Waals surface area contributed by atoms with Gasteiger partial charge in [0.25, 0.3) is 0 Å². The zero-order valence-corrected chi connectivity index (χ0v) is 12.8. The number of hydrogen-bond acceptors (Lipinski definition) is 3. The Morgan fingerprint density at radius 1 is 1.19 bits per heavy atom. The average Bonchev–Trinajstić information content (AvgIpc) is 2.52. The minimum absolute atomic E-state index is 0.0832. The van der Waals surface area contributed by atoms with Crippen LogP contribution in [0.5, 0.6) is 0 Å². The molecule has 0 fully saturated rings. The first-order chi connectivity index (χ1) is 10.1. The third-order valence-electron chi connectivity index (χ3n) is 3.59. The number of pyridine rings is 1. The van der Waals surface area contributed by atoms with Crippen LogP contribution in [0.25, 0.3) is 0 Å². The van der Waals surface area contributed by atoms with Crippen LogP contribution < -0.4 is 10.2 Å². The Balaban J connectivity index is 2.19. The second-order valence-electron chi connectivity index (χ2n) is 5.12. The molecule has 21 heavy (non-hydrogen) atoms. The predicted molar refractivity (Wildman–Crippen MR) is 86.2 cm³/mol. The van der Waals surface area contributed by atoms with Crippen LogP contribution in [-0.2, 0) is 0 Å². The van der Waals surface area contributed by atoms with Gasteiger partial charge in [0.15, 0.2) is 0 Å². The number of halogens is 1. The first-order valence-corrected chi connectivity index (χ1v) is 7.31. The topological polar surface area (TPSA) is 28.2 Å². The highest BCUT2D eigenvalue weighted by atomic mass is 19.1. The number of aromatic nitrogens is 1. The lowest BCUT2D eigenvalue weighted by molar-refractivity contribution is 0.584. The van der Waals surface area contributed by atoms with Crippen LogP contribution >= 0.6 is 0 Å². The number of nitrogens with zero attached hydrogens (tertiary/aromatic N) is 2. The van der Waals surface area contributed by atoms with E-state index >= 15 is 0 Å². The second kappa shape index (κ2) is 7.07. The predicted octanol–water partition coefficient (Wildman–Crippen LogP) is 4.24. The molecule has 0 aliphatic rings. The summed E-state index contributed by atoms with van der Waals surface area (Å²) in [7, 11) is 1.93. The summed E-state index contributed by atoms with van der Waals surface area (Å²) < 4.78 is 13.9. The zero-order valence-electron chi connectivity index (χ0n) is 12.8. The Labute approximate surface area is 125 Å². The quantitative estimate of drug-likeness (QED) is 0.861. The van der Waals surface area contributed by atoms with Crippen LogP contribution in [0.4, 0.5) is 16.0 Å². The molecule has 1 aromatic heterocycles. The van der Waals surface area contributed by atoms with E-state index in [0.717, 1.165) is 24.6 Å². The molecule has 4 heteroatoms. The minimum Gasteiger partial charge on any atom is -0.370 e. The molecular weight excluding hydrogens is 265 g/mol. The van der Waals surface area contributed by atoms with Gasteiger partial charge in [0.1, 0.15) is 17.5 Å². The molecule has 0 spiro atoms. The van der Waals surface area contributed by atoms with Crippen molar-refractivity contribution in [2.45, 2.75) is 26.3 Å². The van der Waals surface area contributed by atoms with Gasteiger partial charge in [-0.05, 0) is 31.5 Å². The van der Waals surface area contributed by atoms with Crippen molar-refractivity contribution in [2.24, 2.45) is 0 Å². The highest BCUT2D eigenvalue weighted by Gasteiger charge is 2.16. The molecule has 1 unspecified atom stereocenters. The van der Waals surface area contributed by atoms with Crippen LogP contribution in [0.15, 0.2) is 42.5 Å². The van der Waals surface area contributed by atoms with Crippen molar-refractivity contribution in [3.63, 3.8) is 0 Å². The van der Waals surface area contributed by atoms with Crippen molar-refractivity contribution in [3.8, 4) is 0 Å². The second-order valence-corrected chi connectivity index (χ2v) is 5.12.